The maximum Gasteiger partial charge on any atom is 0.258 e. The molecule has 0 saturated carbocycles. The molecule has 0 bridgehead atoms. The Labute approximate surface area is 178 Å². The van der Waals surface area contributed by atoms with Crippen LogP contribution in [0, 0.1) is 13.8 Å². The molecular formula is C23H30ClN3O2. The number of para-hydroxylation sites is 1. The maximum absolute atomic E-state index is 12.5. The monoisotopic (exact) mass is 415 g/mol. The molecule has 156 valence electrons. The summed E-state index contributed by atoms with van der Waals surface area (Å²) in [7, 11) is 2.14. The molecule has 1 aliphatic rings. The molecule has 1 heterocycles. The number of likely N-dealkylation sites (N-methyl/N-ethyl adjacent to an activating group) is 1. The number of halogens is 1. The van der Waals surface area contributed by atoms with E-state index < -0.39 is 0 Å². The molecule has 2 aromatic rings. The highest BCUT2D eigenvalue weighted by Gasteiger charge is 2.24. The second kappa shape index (κ2) is 10.1. The highest BCUT2D eigenvalue weighted by molar-refractivity contribution is 6.30. The number of aryl methyl sites for hydroxylation is 2. The number of benzene rings is 2. The summed E-state index contributed by atoms with van der Waals surface area (Å²) in [5.41, 5.74) is 3.23. The molecule has 6 heteroatoms. The third kappa shape index (κ3) is 5.95. The van der Waals surface area contributed by atoms with Gasteiger partial charge in [0.25, 0.3) is 5.91 Å². The van der Waals surface area contributed by atoms with E-state index in [1.54, 1.807) is 0 Å². The van der Waals surface area contributed by atoms with Gasteiger partial charge in [0, 0.05) is 37.7 Å². The highest BCUT2D eigenvalue weighted by atomic mass is 35.5. The molecule has 1 amide bonds. The molecule has 1 aliphatic heterocycles. The van der Waals surface area contributed by atoms with Crippen LogP contribution in [-0.2, 0) is 4.79 Å². The third-order valence-corrected chi connectivity index (χ3v) is 5.73. The first kappa shape index (κ1) is 21.6. The van der Waals surface area contributed by atoms with Gasteiger partial charge in [0.15, 0.2) is 6.61 Å². The van der Waals surface area contributed by atoms with Gasteiger partial charge in [-0.25, -0.2) is 0 Å². The van der Waals surface area contributed by atoms with Gasteiger partial charge in [-0.15, -0.1) is 0 Å². The van der Waals surface area contributed by atoms with Crippen LogP contribution in [-0.4, -0.2) is 62.1 Å². The molecule has 0 radical (unpaired) electrons. The first-order chi connectivity index (χ1) is 13.9. The Morgan fingerprint density at radius 2 is 1.69 bits per heavy atom. The molecule has 0 aromatic heterocycles. The third-order valence-electron chi connectivity index (χ3n) is 5.48. The normalized spacial score (nSPS) is 16.4. The number of carbonyl (C=O) groups excluding carboxylic acids is 1. The van der Waals surface area contributed by atoms with Crippen molar-refractivity contribution in [2.75, 3.05) is 46.4 Å². The fourth-order valence-electron chi connectivity index (χ4n) is 3.70. The number of ether oxygens (including phenoxy) is 1. The molecule has 1 atom stereocenters. The first-order valence-electron chi connectivity index (χ1n) is 10.1. The number of hydrogen-bond acceptors (Lipinski definition) is 4. The molecule has 29 heavy (non-hydrogen) atoms. The fraction of sp³-hybridized carbons (Fsp3) is 0.435. The predicted molar refractivity (Wildman–Crippen MR) is 118 cm³/mol. The van der Waals surface area contributed by atoms with Crippen molar-refractivity contribution in [1.29, 1.82) is 0 Å². The summed E-state index contributed by atoms with van der Waals surface area (Å²) >= 11 is 6.07. The van der Waals surface area contributed by atoms with E-state index in [2.05, 4.69) is 22.2 Å². The van der Waals surface area contributed by atoms with E-state index >= 15 is 0 Å². The Morgan fingerprint density at radius 3 is 2.31 bits per heavy atom. The van der Waals surface area contributed by atoms with Crippen molar-refractivity contribution in [2.24, 2.45) is 0 Å². The van der Waals surface area contributed by atoms with Crippen LogP contribution in [0.5, 0.6) is 5.75 Å². The topological polar surface area (TPSA) is 44.8 Å². The van der Waals surface area contributed by atoms with Gasteiger partial charge in [0.2, 0.25) is 0 Å². The molecule has 1 N–H and O–H groups in total. The smallest absolute Gasteiger partial charge is 0.258 e. The van der Waals surface area contributed by atoms with Crippen molar-refractivity contribution < 1.29 is 9.53 Å². The Bertz CT molecular complexity index is 797. The van der Waals surface area contributed by atoms with Crippen LogP contribution < -0.4 is 10.1 Å². The SMILES string of the molecule is Cc1cccc(C)c1OCC(=O)NC[C@@H](c1ccc(Cl)cc1)N1CCN(C)CC1. The number of amides is 1. The van der Waals surface area contributed by atoms with Crippen molar-refractivity contribution in [3.63, 3.8) is 0 Å². The van der Waals surface area contributed by atoms with E-state index in [9.17, 15) is 4.79 Å². The first-order valence-corrected chi connectivity index (χ1v) is 10.5. The lowest BCUT2D eigenvalue weighted by molar-refractivity contribution is -0.123. The Morgan fingerprint density at radius 1 is 1.07 bits per heavy atom. The number of rotatable bonds is 7. The van der Waals surface area contributed by atoms with Gasteiger partial charge in [0.1, 0.15) is 5.75 Å². The van der Waals surface area contributed by atoms with Crippen LogP contribution in [0.4, 0.5) is 0 Å². The zero-order valence-electron chi connectivity index (χ0n) is 17.5. The molecule has 2 aromatic carbocycles. The molecule has 0 spiro atoms. The zero-order chi connectivity index (χ0) is 20.8. The highest BCUT2D eigenvalue weighted by Crippen LogP contribution is 2.24. The van der Waals surface area contributed by atoms with Gasteiger partial charge in [0.05, 0.1) is 6.04 Å². The molecule has 0 unspecified atom stereocenters. The molecular weight excluding hydrogens is 386 g/mol. The standard InChI is InChI=1S/C23H30ClN3O2/c1-17-5-4-6-18(2)23(17)29-16-22(28)25-15-21(19-7-9-20(24)10-8-19)27-13-11-26(3)12-14-27/h4-10,21H,11-16H2,1-3H3,(H,25,28)/t21-/m0/s1. The fourth-order valence-corrected chi connectivity index (χ4v) is 3.83. The minimum atomic E-state index is -0.110. The zero-order valence-corrected chi connectivity index (χ0v) is 18.2. The van der Waals surface area contributed by atoms with E-state index in [1.807, 2.05) is 56.3 Å². The van der Waals surface area contributed by atoms with E-state index in [4.69, 9.17) is 16.3 Å². The van der Waals surface area contributed by atoms with Gasteiger partial charge in [-0.1, -0.05) is 41.9 Å². The minimum absolute atomic E-state index is 0.0156. The summed E-state index contributed by atoms with van der Waals surface area (Å²) in [6.07, 6.45) is 0. The number of hydrogen-bond donors (Lipinski definition) is 1. The number of nitrogens with one attached hydrogen (secondary N) is 1. The second-order valence-corrected chi connectivity index (χ2v) is 8.16. The molecule has 1 saturated heterocycles. The van der Waals surface area contributed by atoms with Crippen molar-refractivity contribution in [1.82, 2.24) is 15.1 Å². The van der Waals surface area contributed by atoms with E-state index in [0.29, 0.717) is 6.54 Å². The molecule has 1 fully saturated rings. The quantitative estimate of drug-likeness (QED) is 0.752. The minimum Gasteiger partial charge on any atom is -0.483 e. The van der Waals surface area contributed by atoms with E-state index in [0.717, 1.165) is 53.6 Å². The van der Waals surface area contributed by atoms with Crippen molar-refractivity contribution in [2.45, 2.75) is 19.9 Å². The van der Waals surface area contributed by atoms with Gasteiger partial charge >= 0.3 is 0 Å². The van der Waals surface area contributed by atoms with Crippen LogP contribution >= 0.6 is 11.6 Å². The van der Waals surface area contributed by atoms with Gasteiger partial charge in [-0.2, -0.15) is 0 Å². The Hall–Kier alpha value is -2.08. The van der Waals surface area contributed by atoms with Gasteiger partial charge < -0.3 is 15.0 Å². The van der Waals surface area contributed by atoms with Crippen LogP contribution in [0.2, 0.25) is 5.02 Å². The Balaban J connectivity index is 1.61. The lowest BCUT2D eigenvalue weighted by Crippen LogP contribution is -2.48. The summed E-state index contributed by atoms with van der Waals surface area (Å²) in [6, 6.07) is 14.0. The van der Waals surface area contributed by atoms with E-state index in [-0.39, 0.29) is 18.6 Å². The van der Waals surface area contributed by atoms with Crippen LogP contribution in [0.15, 0.2) is 42.5 Å². The largest absolute Gasteiger partial charge is 0.483 e. The lowest BCUT2D eigenvalue weighted by Gasteiger charge is -2.38. The average molecular weight is 416 g/mol. The summed E-state index contributed by atoms with van der Waals surface area (Å²) in [5, 5.41) is 3.78. The maximum atomic E-state index is 12.5. The van der Waals surface area contributed by atoms with Gasteiger partial charge in [-0.05, 0) is 49.7 Å². The molecule has 0 aliphatic carbocycles. The van der Waals surface area contributed by atoms with Gasteiger partial charge in [-0.3, -0.25) is 9.69 Å². The second-order valence-electron chi connectivity index (χ2n) is 7.72. The van der Waals surface area contributed by atoms with E-state index in [1.165, 1.54) is 0 Å². The number of carbonyl (C=O) groups is 1. The van der Waals surface area contributed by atoms with Crippen LogP contribution in [0.3, 0.4) is 0 Å². The summed E-state index contributed by atoms with van der Waals surface area (Å²) < 4.78 is 5.79. The van der Waals surface area contributed by atoms with Crippen molar-refractivity contribution in [3.8, 4) is 5.75 Å². The van der Waals surface area contributed by atoms with Crippen LogP contribution in [0.25, 0.3) is 0 Å². The average Bonchev–Trinajstić information content (AvgIpc) is 2.70. The predicted octanol–water partition coefficient (Wildman–Crippen LogP) is 3.44. The molecule has 3 rings (SSSR count). The molecule has 5 nitrogen and oxygen atoms in total. The summed E-state index contributed by atoms with van der Waals surface area (Å²) in [4.78, 5) is 17.2. The van der Waals surface area contributed by atoms with Crippen LogP contribution in [0.1, 0.15) is 22.7 Å². The van der Waals surface area contributed by atoms with Crippen molar-refractivity contribution in [3.05, 3.63) is 64.2 Å². The van der Waals surface area contributed by atoms with Crippen molar-refractivity contribution >= 4 is 17.5 Å². The lowest BCUT2D eigenvalue weighted by atomic mass is 10.0. The number of piperazine rings is 1. The summed E-state index contributed by atoms with van der Waals surface area (Å²) in [5.74, 6) is 0.678. The summed E-state index contributed by atoms with van der Waals surface area (Å²) in [6.45, 7) is 8.52. The Kier molecular flexibility index (Phi) is 7.53. The number of nitrogens with zero attached hydrogens (tertiary/aromatic N) is 2.